The first-order valence-corrected chi connectivity index (χ1v) is 8.16. The maximum atomic E-state index is 12.5. The van der Waals surface area contributed by atoms with E-state index < -0.39 is 5.97 Å². The van der Waals surface area contributed by atoms with Crippen molar-refractivity contribution >= 4 is 17.7 Å². The number of phenolic OH excluding ortho intramolecular Hbond substituents is 1. The zero-order valence-electron chi connectivity index (χ0n) is 13.8. The molecule has 0 heterocycles. The molecule has 0 bridgehead atoms. The fourth-order valence-electron chi connectivity index (χ4n) is 2.66. The van der Waals surface area contributed by atoms with Crippen LogP contribution in [0.5, 0.6) is 5.75 Å². The van der Waals surface area contributed by atoms with Crippen LogP contribution in [0.1, 0.15) is 30.1 Å². The van der Waals surface area contributed by atoms with Gasteiger partial charge in [-0.3, -0.25) is 0 Å². The Balaban J connectivity index is 1.82. The molecule has 3 rings (SSSR count). The number of rotatable bonds is 6. The van der Waals surface area contributed by atoms with Crippen molar-refractivity contribution in [2.24, 2.45) is 11.1 Å². The first kappa shape index (κ1) is 17.4. The van der Waals surface area contributed by atoms with Gasteiger partial charge in [0, 0.05) is 5.92 Å². The van der Waals surface area contributed by atoms with E-state index in [1.165, 1.54) is 24.3 Å². The Morgan fingerprint density at radius 3 is 2.62 bits per heavy atom. The number of hydrogen-bond donors (Lipinski definition) is 1. The van der Waals surface area contributed by atoms with E-state index in [0.29, 0.717) is 5.56 Å². The molecule has 0 spiro atoms. The summed E-state index contributed by atoms with van der Waals surface area (Å²) in [6.07, 6.45) is 2.88. The van der Waals surface area contributed by atoms with Gasteiger partial charge < -0.3 is 9.84 Å². The highest BCUT2D eigenvalue weighted by molar-refractivity contribution is 5.98. The van der Waals surface area contributed by atoms with Gasteiger partial charge in [0.2, 0.25) is 0 Å². The second kappa shape index (κ2) is 7.62. The predicted molar refractivity (Wildman–Crippen MR) is 95.2 cm³/mol. The van der Waals surface area contributed by atoms with Gasteiger partial charge >= 0.3 is 5.97 Å². The summed E-state index contributed by atoms with van der Waals surface area (Å²) in [5, 5.41) is 21.5. The fraction of sp³-hybridized carbons (Fsp3) is 0.200. The third-order valence-corrected chi connectivity index (χ3v) is 4.16. The van der Waals surface area contributed by atoms with E-state index in [1.54, 1.807) is 0 Å². The first-order chi connectivity index (χ1) is 12.6. The molecule has 6 heteroatoms. The topological polar surface area (TPSA) is 99.7 Å². The number of hydrogen-bond acceptors (Lipinski definition) is 6. The minimum Gasteiger partial charge on any atom is -0.506 e. The molecule has 130 valence electrons. The molecule has 0 saturated heterocycles. The highest BCUT2D eigenvalue weighted by Crippen LogP contribution is 2.43. The Bertz CT molecular complexity index is 896. The van der Waals surface area contributed by atoms with Crippen LogP contribution in [0.15, 0.2) is 59.3 Å². The number of nitroso groups, excluding NO2 is 1. The van der Waals surface area contributed by atoms with Gasteiger partial charge in [0.15, 0.2) is 0 Å². The second-order valence-corrected chi connectivity index (χ2v) is 6.08. The summed E-state index contributed by atoms with van der Waals surface area (Å²) in [4.78, 5) is 23.1. The molecular formula is C20H16N2O4. The van der Waals surface area contributed by atoms with Crippen LogP contribution in [0.25, 0.3) is 6.08 Å². The van der Waals surface area contributed by atoms with Gasteiger partial charge in [-0.2, -0.15) is 5.26 Å². The molecule has 1 atom stereocenters. The maximum absolute atomic E-state index is 12.5. The third-order valence-electron chi connectivity index (χ3n) is 4.16. The molecule has 6 nitrogen and oxygen atoms in total. The molecule has 1 saturated carbocycles. The van der Waals surface area contributed by atoms with E-state index in [2.05, 4.69) is 5.18 Å². The van der Waals surface area contributed by atoms with Crippen molar-refractivity contribution in [2.45, 2.75) is 18.9 Å². The van der Waals surface area contributed by atoms with Crippen LogP contribution < -0.4 is 0 Å². The zero-order valence-corrected chi connectivity index (χ0v) is 13.8. The molecule has 1 N–H and O–H groups in total. The number of phenols is 1. The van der Waals surface area contributed by atoms with E-state index in [-0.39, 0.29) is 29.0 Å². The quantitative estimate of drug-likeness (QED) is 0.361. The number of aromatic hydroxyl groups is 1. The molecule has 2 aromatic rings. The van der Waals surface area contributed by atoms with E-state index >= 15 is 0 Å². The molecular weight excluding hydrogens is 332 g/mol. The van der Waals surface area contributed by atoms with Gasteiger partial charge in [-0.25, -0.2) is 4.79 Å². The molecule has 2 aromatic carbocycles. The number of esters is 1. The van der Waals surface area contributed by atoms with Crippen LogP contribution >= 0.6 is 0 Å². The van der Waals surface area contributed by atoms with E-state index in [1.807, 2.05) is 36.4 Å². The van der Waals surface area contributed by atoms with Crippen molar-refractivity contribution in [1.29, 1.82) is 5.26 Å². The highest BCUT2D eigenvalue weighted by Gasteiger charge is 2.35. The minimum atomic E-state index is -0.720. The second-order valence-electron chi connectivity index (χ2n) is 6.08. The number of ether oxygens (including phenoxy) is 1. The summed E-state index contributed by atoms with van der Waals surface area (Å²) in [5.41, 5.74) is 0.949. The summed E-state index contributed by atoms with van der Waals surface area (Å²) in [7, 11) is 0. The Morgan fingerprint density at radius 2 is 2.00 bits per heavy atom. The van der Waals surface area contributed by atoms with E-state index in [4.69, 9.17) is 4.74 Å². The minimum absolute atomic E-state index is 0.162. The van der Waals surface area contributed by atoms with Gasteiger partial charge in [-0.15, -0.1) is 4.91 Å². The standard InChI is InChI=1S/C20H16N2O4/c21-12-16(10-13-6-9-18(23)17(11-13)22-25)20(24)26-19(15-7-8-15)14-4-2-1-3-5-14/h1-6,9-11,15,19,23H,7-8H2/b16-10+. The summed E-state index contributed by atoms with van der Waals surface area (Å²) in [6.45, 7) is 0. The molecule has 1 unspecified atom stereocenters. The van der Waals surface area contributed by atoms with Gasteiger partial charge in [-0.1, -0.05) is 36.4 Å². The van der Waals surface area contributed by atoms with Crippen molar-refractivity contribution in [3.63, 3.8) is 0 Å². The lowest BCUT2D eigenvalue weighted by Crippen LogP contribution is -2.14. The number of carbonyl (C=O) groups excluding carboxylic acids is 1. The van der Waals surface area contributed by atoms with Crippen LogP contribution in [0.2, 0.25) is 0 Å². The zero-order chi connectivity index (χ0) is 18.5. The van der Waals surface area contributed by atoms with Gasteiger partial charge in [0.1, 0.15) is 29.2 Å². The van der Waals surface area contributed by atoms with Crippen LogP contribution in [-0.2, 0) is 9.53 Å². The van der Waals surface area contributed by atoms with Crippen LogP contribution in [0, 0.1) is 22.2 Å². The lowest BCUT2D eigenvalue weighted by molar-refractivity contribution is -0.145. The summed E-state index contributed by atoms with van der Waals surface area (Å²) >= 11 is 0. The molecule has 1 aliphatic rings. The average molecular weight is 348 g/mol. The third kappa shape index (κ3) is 3.95. The Kier molecular flexibility index (Phi) is 5.09. The lowest BCUT2D eigenvalue weighted by atomic mass is 10.1. The highest BCUT2D eigenvalue weighted by atomic mass is 16.5. The van der Waals surface area contributed by atoms with Gasteiger partial charge in [0.25, 0.3) is 0 Å². The van der Waals surface area contributed by atoms with E-state index in [9.17, 15) is 20.1 Å². The number of carbonyl (C=O) groups is 1. The van der Waals surface area contributed by atoms with Crippen molar-refractivity contribution in [3.8, 4) is 11.8 Å². The number of benzene rings is 2. The average Bonchev–Trinajstić information content (AvgIpc) is 3.51. The Morgan fingerprint density at radius 1 is 1.27 bits per heavy atom. The molecule has 0 radical (unpaired) electrons. The lowest BCUT2D eigenvalue weighted by Gasteiger charge is -2.17. The van der Waals surface area contributed by atoms with Gasteiger partial charge in [0.05, 0.1) is 0 Å². The van der Waals surface area contributed by atoms with Crippen molar-refractivity contribution < 1.29 is 14.6 Å². The first-order valence-electron chi connectivity index (χ1n) is 8.16. The Hall–Kier alpha value is -3.46. The van der Waals surface area contributed by atoms with Crippen molar-refractivity contribution in [2.75, 3.05) is 0 Å². The molecule has 0 amide bonds. The number of nitriles is 1. The Labute approximate surface area is 150 Å². The van der Waals surface area contributed by atoms with Crippen LogP contribution in [0.3, 0.4) is 0 Å². The number of nitrogens with zero attached hydrogens (tertiary/aromatic N) is 2. The van der Waals surface area contributed by atoms with E-state index in [0.717, 1.165) is 18.4 Å². The monoisotopic (exact) mass is 348 g/mol. The molecule has 0 aromatic heterocycles. The van der Waals surface area contributed by atoms with Crippen molar-refractivity contribution in [3.05, 3.63) is 70.1 Å². The summed E-state index contributed by atoms with van der Waals surface area (Å²) in [6, 6.07) is 15.3. The van der Waals surface area contributed by atoms with Crippen molar-refractivity contribution in [1.82, 2.24) is 0 Å². The maximum Gasteiger partial charge on any atom is 0.349 e. The van der Waals surface area contributed by atoms with Gasteiger partial charge in [-0.05, 0) is 47.4 Å². The molecule has 1 aliphatic carbocycles. The predicted octanol–water partition coefficient (Wildman–Crippen LogP) is 4.39. The largest absolute Gasteiger partial charge is 0.506 e. The smallest absolute Gasteiger partial charge is 0.349 e. The molecule has 0 aliphatic heterocycles. The van der Waals surface area contributed by atoms with Crippen LogP contribution in [-0.4, -0.2) is 11.1 Å². The summed E-state index contributed by atoms with van der Waals surface area (Å²) < 4.78 is 5.60. The summed E-state index contributed by atoms with van der Waals surface area (Å²) in [5.74, 6) is -0.723. The van der Waals surface area contributed by atoms with Crippen LogP contribution in [0.4, 0.5) is 5.69 Å². The SMILES string of the molecule is N#C/C(=C\c1ccc(O)c(N=O)c1)C(=O)OC(c1ccccc1)C1CC1. The normalized spacial score (nSPS) is 15.0. The molecule has 26 heavy (non-hydrogen) atoms. The molecule has 1 fully saturated rings. The fourth-order valence-corrected chi connectivity index (χ4v) is 2.66.